The van der Waals surface area contributed by atoms with Crippen molar-refractivity contribution in [1.29, 1.82) is 0 Å². The number of morpholine rings is 1. The van der Waals surface area contributed by atoms with E-state index in [0.717, 1.165) is 28.3 Å². The second kappa shape index (κ2) is 6.11. The number of carbonyl (C=O) groups is 1. The van der Waals surface area contributed by atoms with E-state index in [0.29, 0.717) is 18.1 Å². The highest BCUT2D eigenvalue weighted by Crippen LogP contribution is 2.30. The Balaban J connectivity index is 1.74. The molecule has 3 rings (SSSR count). The molecule has 6 heteroatoms. The van der Waals surface area contributed by atoms with Crippen LogP contribution in [0.2, 0.25) is 0 Å². The Labute approximate surface area is 130 Å². The summed E-state index contributed by atoms with van der Waals surface area (Å²) in [6.45, 7) is 2.98. The van der Waals surface area contributed by atoms with Crippen molar-refractivity contribution in [2.24, 2.45) is 4.99 Å². The third-order valence-electron chi connectivity index (χ3n) is 3.06. The van der Waals surface area contributed by atoms with Gasteiger partial charge in [0.1, 0.15) is 0 Å². The summed E-state index contributed by atoms with van der Waals surface area (Å²) in [4.78, 5) is 18.9. The highest BCUT2D eigenvalue weighted by atomic mass is 79.9. The van der Waals surface area contributed by atoms with E-state index in [1.807, 2.05) is 30.3 Å². The van der Waals surface area contributed by atoms with Gasteiger partial charge in [-0.15, -0.1) is 0 Å². The van der Waals surface area contributed by atoms with Gasteiger partial charge in [0.2, 0.25) is 0 Å². The van der Waals surface area contributed by atoms with Crippen LogP contribution in [0, 0.1) is 0 Å². The van der Waals surface area contributed by atoms with Crippen molar-refractivity contribution in [3.8, 4) is 0 Å². The first kappa shape index (κ1) is 13.9. The molecule has 2 heterocycles. The number of thioether (sulfide) groups is 1. The van der Waals surface area contributed by atoms with Gasteiger partial charge in [0, 0.05) is 17.6 Å². The van der Waals surface area contributed by atoms with Crippen LogP contribution in [0.25, 0.3) is 6.08 Å². The quantitative estimate of drug-likeness (QED) is 0.728. The summed E-state index contributed by atoms with van der Waals surface area (Å²) in [6, 6.07) is 7.86. The Morgan fingerprint density at radius 2 is 1.95 bits per heavy atom. The molecule has 0 spiro atoms. The molecule has 1 saturated heterocycles. The predicted octanol–water partition coefficient (Wildman–Crippen LogP) is 2.75. The van der Waals surface area contributed by atoms with Crippen LogP contribution < -0.4 is 0 Å². The normalized spacial score (nSPS) is 21.4. The van der Waals surface area contributed by atoms with E-state index >= 15 is 0 Å². The number of aliphatic imine (C=N–C) groups is 1. The second-order valence-corrected chi connectivity index (χ2v) is 6.39. The number of benzene rings is 1. The van der Waals surface area contributed by atoms with Gasteiger partial charge in [0.15, 0.2) is 5.17 Å². The minimum atomic E-state index is -0.153. The number of amidine groups is 1. The summed E-state index contributed by atoms with van der Waals surface area (Å²) in [6.07, 6.45) is 1.89. The summed E-state index contributed by atoms with van der Waals surface area (Å²) < 4.78 is 6.33. The molecule has 20 heavy (non-hydrogen) atoms. The fourth-order valence-corrected chi connectivity index (χ4v) is 3.23. The fourth-order valence-electron chi connectivity index (χ4n) is 2.00. The Morgan fingerprint density at radius 1 is 1.25 bits per heavy atom. The van der Waals surface area contributed by atoms with Gasteiger partial charge in [-0.3, -0.25) is 4.79 Å². The highest BCUT2D eigenvalue weighted by Gasteiger charge is 2.26. The molecular formula is C14H13BrN2O2S. The zero-order valence-corrected chi connectivity index (χ0v) is 13.1. The summed E-state index contributed by atoms with van der Waals surface area (Å²) in [7, 11) is 0. The van der Waals surface area contributed by atoms with Gasteiger partial charge in [-0.2, -0.15) is 4.99 Å². The summed E-state index contributed by atoms with van der Waals surface area (Å²) in [5.74, 6) is -0.153. The number of carbonyl (C=O) groups excluding carboxylic acids is 1. The van der Waals surface area contributed by atoms with Gasteiger partial charge in [0.25, 0.3) is 5.91 Å². The molecule has 1 amide bonds. The molecule has 0 aliphatic carbocycles. The van der Waals surface area contributed by atoms with Gasteiger partial charge in [0.05, 0.1) is 18.1 Å². The minimum absolute atomic E-state index is 0.153. The third kappa shape index (κ3) is 3.13. The van der Waals surface area contributed by atoms with Crippen molar-refractivity contribution in [1.82, 2.24) is 4.90 Å². The van der Waals surface area contributed by atoms with Gasteiger partial charge >= 0.3 is 0 Å². The number of amides is 1. The van der Waals surface area contributed by atoms with Crippen molar-refractivity contribution in [2.75, 3.05) is 26.3 Å². The molecule has 1 aromatic carbocycles. The molecular weight excluding hydrogens is 340 g/mol. The maximum atomic E-state index is 12.0. The molecule has 104 valence electrons. The second-order valence-electron chi connectivity index (χ2n) is 4.46. The predicted molar refractivity (Wildman–Crippen MR) is 84.5 cm³/mol. The summed E-state index contributed by atoms with van der Waals surface area (Å²) in [5.41, 5.74) is 1.00. The number of nitrogens with zero attached hydrogens (tertiary/aromatic N) is 2. The smallest absolute Gasteiger partial charge is 0.286 e. The first-order chi connectivity index (χ1) is 9.72. The first-order valence-electron chi connectivity index (χ1n) is 6.33. The molecule has 2 aliphatic rings. The topological polar surface area (TPSA) is 41.9 Å². The van der Waals surface area contributed by atoms with Crippen LogP contribution in [0.5, 0.6) is 0 Å². The molecule has 0 bridgehead atoms. The lowest BCUT2D eigenvalue weighted by atomic mass is 10.2. The van der Waals surface area contributed by atoms with Gasteiger partial charge in [-0.1, -0.05) is 28.1 Å². The average Bonchev–Trinajstić information content (AvgIpc) is 2.84. The molecule has 0 atom stereocenters. The molecule has 1 aromatic rings. The van der Waals surface area contributed by atoms with Gasteiger partial charge < -0.3 is 9.64 Å². The lowest BCUT2D eigenvalue weighted by molar-refractivity contribution is -0.113. The van der Waals surface area contributed by atoms with E-state index in [1.165, 1.54) is 11.8 Å². The number of ether oxygens (including phenoxy) is 1. The largest absolute Gasteiger partial charge is 0.378 e. The SMILES string of the molecule is O=C1N=C(N2CCOCC2)SC1=Cc1ccc(Br)cc1. The van der Waals surface area contributed by atoms with E-state index in [2.05, 4.69) is 25.8 Å². The maximum Gasteiger partial charge on any atom is 0.286 e. The highest BCUT2D eigenvalue weighted by molar-refractivity contribution is 9.10. The van der Waals surface area contributed by atoms with Crippen LogP contribution in [0.4, 0.5) is 0 Å². The van der Waals surface area contributed by atoms with Gasteiger partial charge in [-0.25, -0.2) is 0 Å². The lowest BCUT2D eigenvalue weighted by Crippen LogP contribution is -2.38. The van der Waals surface area contributed by atoms with E-state index < -0.39 is 0 Å². The number of hydrogen-bond donors (Lipinski definition) is 0. The minimum Gasteiger partial charge on any atom is -0.378 e. The standard InChI is InChI=1S/C14H13BrN2O2S/c15-11-3-1-10(2-4-11)9-12-13(18)16-14(20-12)17-5-7-19-8-6-17/h1-4,9H,5-8H2. The maximum absolute atomic E-state index is 12.0. The molecule has 1 fully saturated rings. The third-order valence-corrected chi connectivity index (χ3v) is 4.63. The van der Waals surface area contributed by atoms with Crippen molar-refractivity contribution in [2.45, 2.75) is 0 Å². The van der Waals surface area contributed by atoms with Crippen LogP contribution in [0.3, 0.4) is 0 Å². The molecule has 0 aromatic heterocycles. The van der Waals surface area contributed by atoms with Crippen molar-refractivity contribution < 1.29 is 9.53 Å². The van der Waals surface area contributed by atoms with E-state index in [9.17, 15) is 4.79 Å². The molecule has 0 N–H and O–H groups in total. The lowest BCUT2D eigenvalue weighted by Gasteiger charge is -2.27. The first-order valence-corrected chi connectivity index (χ1v) is 7.94. The van der Waals surface area contributed by atoms with Crippen LogP contribution in [0.15, 0.2) is 38.6 Å². The van der Waals surface area contributed by atoms with E-state index in [-0.39, 0.29) is 5.91 Å². The van der Waals surface area contributed by atoms with Crippen LogP contribution >= 0.6 is 27.7 Å². The zero-order valence-electron chi connectivity index (χ0n) is 10.7. The van der Waals surface area contributed by atoms with Gasteiger partial charge in [-0.05, 0) is 35.5 Å². The Hall–Kier alpha value is -1.11. The Morgan fingerprint density at radius 3 is 2.65 bits per heavy atom. The van der Waals surface area contributed by atoms with Crippen LogP contribution in [-0.4, -0.2) is 42.3 Å². The molecule has 0 radical (unpaired) electrons. The average molecular weight is 353 g/mol. The molecule has 2 aliphatic heterocycles. The molecule has 0 unspecified atom stereocenters. The van der Waals surface area contributed by atoms with Crippen LogP contribution in [-0.2, 0) is 9.53 Å². The van der Waals surface area contributed by atoms with Crippen molar-refractivity contribution >= 4 is 44.8 Å². The summed E-state index contributed by atoms with van der Waals surface area (Å²) in [5, 5.41) is 0.793. The molecule has 0 saturated carbocycles. The zero-order chi connectivity index (χ0) is 13.9. The van der Waals surface area contributed by atoms with Crippen molar-refractivity contribution in [3.63, 3.8) is 0 Å². The van der Waals surface area contributed by atoms with Crippen LogP contribution in [0.1, 0.15) is 5.56 Å². The summed E-state index contributed by atoms with van der Waals surface area (Å²) >= 11 is 4.84. The fraction of sp³-hybridized carbons (Fsp3) is 0.286. The Bertz CT molecular complexity index is 577. The van der Waals surface area contributed by atoms with E-state index in [4.69, 9.17) is 4.74 Å². The Kier molecular flexibility index (Phi) is 4.24. The van der Waals surface area contributed by atoms with Crippen molar-refractivity contribution in [3.05, 3.63) is 39.2 Å². The number of rotatable bonds is 1. The van der Waals surface area contributed by atoms with E-state index in [1.54, 1.807) is 0 Å². The molecule has 4 nitrogen and oxygen atoms in total. The number of halogens is 1. The monoisotopic (exact) mass is 352 g/mol. The number of hydrogen-bond acceptors (Lipinski definition) is 4.